The molecule has 0 radical (unpaired) electrons. The third-order valence-corrected chi connectivity index (χ3v) is 7.50. The monoisotopic (exact) mass is 536 g/mol. The molecule has 6 heteroatoms. The molecule has 39 heavy (non-hydrogen) atoms. The molecule has 0 amide bonds. The molecule has 1 aliphatic rings. The zero-order chi connectivity index (χ0) is 27.7. The summed E-state index contributed by atoms with van der Waals surface area (Å²) < 4.78 is 12.0. The van der Waals surface area contributed by atoms with Crippen molar-refractivity contribution in [3.05, 3.63) is 60.3 Å². The van der Waals surface area contributed by atoms with E-state index in [0.717, 1.165) is 62.5 Å². The summed E-state index contributed by atoms with van der Waals surface area (Å²) in [5.74, 6) is 0.0797. The number of benzene rings is 1. The molecule has 1 fully saturated rings. The Hall–Kier alpha value is -2.86. The van der Waals surface area contributed by atoms with E-state index >= 15 is 0 Å². The highest BCUT2D eigenvalue weighted by Crippen LogP contribution is 2.33. The SMILES string of the molecule is CCCCC/C=C\C/C=C\CCCCCCCC(=O)OCOC(=O)n1cc(C2CCN(C)C2)c2ccccc21. The standard InChI is InChI=1S/C33H48N2O4/c1-3-4-5-6-7-8-9-10-11-12-13-14-15-16-17-22-32(36)38-27-39-33(37)35-26-30(28-23-24-34(2)25-28)29-20-18-19-21-31(29)35/h7-8,10-11,18-21,26,28H,3-6,9,12-17,22-25,27H2,1-2H3/b8-7-,11-10-. The normalized spacial score (nSPS) is 16.1. The van der Waals surface area contributed by atoms with Gasteiger partial charge in [-0.15, -0.1) is 0 Å². The van der Waals surface area contributed by atoms with Gasteiger partial charge in [0.25, 0.3) is 0 Å². The number of rotatable bonds is 17. The van der Waals surface area contributed by atoms with Crippen LogP contribution in [0.2, 0.25) is 0 Å². The first-order chi connectivity index (χ1) is 19.1. The van der Waals surface area contributed by atoms with Crippen molar-refractivity contribution in [3.63, 3.8) is 0 Å². The van der Waals surface area contributed by atoms with Crippen LogP contribution in [-0.2, 0) is 14.3 Å². The van der Waals surface area contributed by atoms with Crippen LogP contribution in [0.15, 0.2) is 54.8 Å². The van der Waals surface area contributed by atoms with Crippen molar-refractivity contribution in [2.45, 2.75) is 96.3 Å². The molecular formula is C33H48N2O4. The molecular weight excluding hydrogens is 488 g/mol. The number of aromatic nitrogens is 1. The van der Waals surface area contributed by atoms with Gasteiger partial charge < -0.3 is 14.4 Å². The highest BCUT2D eigenvalue weighted by atomic mass is 16.7. The van der Waals surface area contributed by atoms with Gasteiger partial charge in [0.15, 0.2) is 0 Å². The molecule has 214 valence electrons. The van der Waals surface area contributed by atoms with E-state index in [4.69, 9.17) is 9.47 Å². The number of unbranched alkanes of at least 4 members (excludes halogenated alkanes) is 8. The van der Waals surface area contributed by atoms with Crippen molar-refractivity contribution in [1.82, 2.24) is 9.47 Å². The number of likely N-dealkylation sites (N-methyl/N-ethyl adjacent to an activating group) is 1. The second-order valence-electron chi connectivity index (χ2n) is 10.7. The number of ether oxygens (including phenoxy) is 2. The maximum atomic E-state index is 12.8. The average molecular weight is 537 g/mol. The van der Waals surface area contributed by atoms with Gasteiger partial charge >= 0.3 is 12.1 Å². The van der Waals surface area contributed by atoms with Crippen molar-refractivity contribution in [2.75, 3.05) is 26.9 Å². The first-order valence-electron chi connectivity index (χ1n) is 15.0. The molecule has 1 aromatic heterocycles. The largest absolute Gasteiger partial charge is 0.428 e. The van der Waals surface area contributed by atoms with Gasteiger partial charge in [0.05, 0.1) is 5.52 Å². The van der Waals surface area contributed by atoms with Crippen molar-refractivity contribution >= 4 is 23.0 Å². The van der Waals surface area contributed by atoms with Crippen molar-refractivity contribution in [1.29, 1.82) is 0 Å². The molecule has 1 unspecified atom stereocenters. The molecule has 0 saturated carbocycles. The Morgan fingerprint density at radius 3 is 2.38 bits per heavy atom. The Morgan fingerprint density at radius 2 is 1.64 bits per heavy atom. The molecule has 0 N–H and O–H groups in total. The number of nitrogens with zero attached hydrogens (tertiary/aromatic N) is 2. The van der Waals surface area contributed by atoms with Crippen LogP contribution < -0.4 is 0 Å². The Morgan fingerprint density at radius 1 is 0.923 bits per heavy atom. The van der Waals surface area contributed by atoms with Gasteiger partial charge in [0.1, 0.15) is 0 Å². The minimum absolute atomic E-state index is 0.319. The second-order valence-corrected chi connectivity index (χ2v) is 10.7. The van der Waals surface area contributed by atoms with Crippen LogP contribution in [0.1, 0.15) is 102 Å². The molecule has 0 aliphatic carbocycles. The lowest BCUT2D eigenvalue weighted by molar-refractivity contribution is -0.151. The summed E-state index contributed by atoms with van der Waals surface area (Å²) in [6.07, 6.45) is 24.4. The number of hydrogen-bond acceptors (Lipinski definition) is 5. The average Bonchev–Trinajstić information content (AvgIpc) is 3.54. The quantitative estimate of drug-likeness (QED) is 0.0880. The predicted molar refractivity (Wildman–Crippen MR) is 159 cm³/mol. The summed E-state index contributed by atoms with van der Waals surface area (Å²) >= 11 is 0. The fourth-order valence-corrected chi connectivity index (χ4v) is 5.24. The lowest BCUT2D eigenvalue weighted by Crippen LogP contribution is -2.17. The molecule has 0 bridgehead atoms. The zero-order valence-electron chi connectivity index (χ0n) is 24.1. The summed E-state index contributed by atoms with van der Waals surface area (Å²) in [7, 11) is 2.12. The van der Waals surface area contributed by atoms with E-state index in [1.165, 1.54) is 48.7 Å². The Balaban J connectivity index is 1.25. The van der Waals surface area contributed by atoms with E-state index in [2.05, 4.69) is 49.2 Å². The lowest BCUT2D eigenvalue weighted by Gasteiger charge is -2.09. The first-order valence-corrected chi connectivity index (χ1v) is 15.0. The molecule has 6 nitrogen and oxygen atoms in total. The first kappa shape index (κ1) is 30.7. The van der Waals surface area contributed by atoms with Gasteiger partial charge in [-0.25, -0.2) is 4.79 Å². The minimum Gasteiger partial charge on any atom is -0.428 e. The van der Waals surface area contributed by atoms with E-state index in [-0.39, 0.29) is 12.8 Å². The predicted octanol–water partition coefficient (Wildman–Crippen LogP) is 8.36. The van der Waals surface area contributed by atoms with Gasteiger partial charge in [0.2, 0.25) is 6.79 Å². The Labute approximate surface area is 235 Å². The van der Waals surface area contributed by atoms with Crippen molar-refractivity contribution in [3.8, 4) is 0 Å². The molecule has 3 rings (SSSR count). The van der Waals surface area contributed by atoms with Gasteiger partial charge in [-0.1, -0.05) is 81.5 Å². The fourth-order valence-electron chi connectivity index (χ4n) is 5.24. The molecule has 0 spiro atoms. The van der Waals surface area contributed by atoms with Gasteiger partial charge in [-0.3, -0.25) is 9.36 Å². The number of likely N-dealkylation sites (tertiary alicyclic amines) is 1. The Kier molecular flexibility index (Phi) is 13.9. The molecule has 2 aromatic rings. The number of para-hydroxylation sites is 1. The summed E-state index contributed by atoms with van der Waals surface area (Å²) in [6.45, 7) is 3.92. The third kappa shape index (κ3) is 10.7. The van der Waals surface area contributed by atoms with Crippen molar-refractivity contribution < 1.29 is 19.1 Å². The van der Waals surface area contributed by atoms with Crippen LogP contribution in [0.5, 0.6) is 0 Å². The maximum absolute atomic E-state index is 12.8. The number of carbonyl (C=O) groups is 2. The number of allylic oxidation sites excluding steroid dienone is 4. The minimum atomic E-state index is -0.520. The summed E-state index contributed by atoms with van der Waals surface area (Å²) in [4.78, 5) is 27.2. The van der Waals surface area contributed by atoms with Crippen LogP contribution in [0.4, 0.5) is 4.79 Å². The number of hydrogen-bond donors (Lipinski definition) is 0. The smallest absolute Gasteiger partial charge is 0.421 e. The topological polar surface area (TPSA) is 60.8 Å². The summed E-state index contributed by atoms with van der Waals surface area (Å²) in [5.41, 5.74) is 1.99. The highest BCUT2D eigenvalue weighted by Gasteiger charge is 2.26. The number of carbonyl (C=O) groups excluding carboxylic acids is 2. The van der Waals surface area contributed by atoms with E-state index in [1.807, 2.05) is 24.4 Å². The van der Waals surface area contributed by atoms with E-state index in [9.17, 15) is 9.59 Å². The molecule has 1 aliphatic heterocycles. The number of fused-ring (bicyclic) bond motifs is 1. The molecule has 2 heterocycles. The van der Waals surface area contributed by atoms with Crippen LogP contribution in [0.25, 0.3) is 10.9 Å². The van der Waals surface area contributed by atoms with Gasteiger partial charge in [0, 0.05) is 24.5 Å². The maximum Gasteiger partial charge on any atom is 0.421 e. The van der Waals surface area contributed by atoms with Crippen LogP contribution in [0, 0.1) is 0 Å². The van der Waals surface area contributed by atoms with Crippen LogP contribution in [0.3, 0.4) is 0 Å². The third-order valence-electron chi connectivity index (χ3n) is 7.50. The molecule has 1 aromatic carbocycles. The Bertz CT molecular complexity index is 1070. The van der Waals surface area contributed by atoms with Crippen LogP contribution in [-0.4, -0.2) is 48.5 Å². The van der Waals surface area contributed by atoms with Crippen LogP contribution >= 0.6 is 0 Å². The fraction of sp³-hybridized carbons (Fsp3) is 0.576. The highest BCUT2D eigenvalue weighted by molar-refractivity contribution is 5.92. The second kappa shape index (κ2) is 17.7. The van der Waals surface area contributed by atoms with E-state index < -0.39 is 6.09 Å². The van der Waals surface area contributed by atoms with E-state index in [0.29, 0.717) is 12.3 Å². The summed E-state index contributed by atoms with van der Waals surface area (Å²) in [6, 6.07) is 7.89. The van der Waals surface area contributed by atoms with Gasteiger partial charge in [-0.2, -0.15) is 0 Å². The van der Waals surface area contributed by atoms with E-state index in [1.54, 1.807) is 0 Å². The molecule has 1 atom stereocenters. The summed E-state index contributed by atoms with van der Waals surface area (Å²) in [5, 5.41) is 1.08. The lowest BCUT2D eigenvalue weighted by atomic mass is 9.98. The van der Waals surface area contributed by atoms with Crippen molar-refractivity contribution in [2.24, 2.45) is 0 Å². The molecule has 1 saturated heterocycles. The van der Waals surface area contributed by atoms with Gasteiger partial charge in [-0.05, 0) is 76.1 Å². The number of esters is 1. The zero-order valence-corrected chi connectivity index (χ0v) is 24.1.